The van der Waals surface area contributed by atoms with Gasteiger partial charge in [-0.05, 0) is 23.6 Å². The average Bonchev–Trinajstić information content (AvgIpc) is 2.85. The summed E-state index contributed by atoms with van der Waals surface area (Å²) in [5, 5.41) is 9.62. The van der Waals surface area contributed by atoms with Gasteiger partial charge in [0.1, 0.15) is 11.5 Å². The van der Waals surface area contributed by atoms with Crippen LogP contribution in [-0.4, -0.2) is 14.5 Å². The molecule has 3 rings (SSSR count). The number of aliphatic hydroxyl groups is 1. The summed E-state index contributed by atoms with van der Waals surface area (Å²) in [6.07, 6.45) is 1.35. The van der Waals surface area contributed by atoms with Gasteiger partial charge in [0.25, 0.3) is 0 Å². The molecule has 0 saturated carbocycles. The Balaban J connectivity index is 2.15. The van der Waals surface area contributed by atoms with Crippen molar-refractivity contribution in [1.82, 2.24) is 9.38 Å². The first-order valence-electron chi connectivity index (χ1n) is 6.98. The largest absolute Gasteiger partial charge is 0.390 e. The maximum Gasteiger partial charge on any atom is 0.139 e. The highest BCUT2D eigenvalue weighted by Gasteiger charge is 2.14. The summed E-state index contributed by atoms with van der Waals surface area (Å²) in [7, 11) is 0. The first-order chi connectivity index (χ1) is 10.1. The van der Waals surface area contributed by atoms with Gasteiger partial charge >= 0.3 is 0 Å². The van der Waals surface area contributed by atoms with Crippen LogP contribution in [0, 0.1) is 5.82 Å². The smallest absolute Gasteiger partial charge is 0.139 e. The van der Waals surface area contributed by atoms with E-state index in [-0.39, 0.29) is 12.4 Å². The number of nitrogens with zero attached hydrogens (tertiary/aromatic N) is 2. The molecule has 3 nitrogen and oxygen atoms in total. The molecule has 0 bridgehead atoms. The van der Waals surface area contributed by atoms with Gasteiger partial charge in [0, 0.05) is 11.8 Å². The third-order valence-electron chi connectivity index (χ3n) is 3.68. The van der Waals surface area contributed by atoms with Crippen LogP contribution in [0.2, 0.25) is 0 Å². The molecule has 1 N–H and O–H groups in total. The lowest BCUT2D eigenvalue weighted by atomic mass is 10.0. The summed E-state index contributed by atoms with van der Waals surface area (Å²) in [5.41, 5.74) is 4.09. The van der Waals surface area contributed by atoms with Crippen LogP contribution in [-0.2, 0) is 6.61 Å². The number of pyridine rings is 1. The van der Waals surface area contributed by atoms with Gasteiger partial charge in [-0.1, -0.05) is 38.1 Å². The predicted octanol–water partition coefficient (Wildman–Crippen LogP) is 3.76. The zero-order chi connectivity index (χ0) is 15.0. The van der Waals surface area contributed by atoms with E-state index in [4.69, 9.17) is 0 Å². The van der Waals surface area contributed by atoms with Crippen molar-refractivity contribution in [2.75, 3.05) is 0 Å². The number of fused-ring (bicyclic) bond motifs is 1. The molecule has 108 valence electrons. The summed E-state index contributed by atoms with van der Waals surface area (Å²) >= 11 is 0. The van der Waals surface area contributed by atoms with E-state index < -0.39 is 0 Å². The third-order valence-corrected chi connectivity index (χ3v) is 3.68. The van der Waals surface area contributed by atoms with Crippen LogP contribution in [0.3, 0.4) is 0 Å². The van der Waals surface area contributed by atoms with E-state index in [9.17, 15) is 9.50 Å². The van der Waals surface area contributed by atoms with E-state index in [0.29, 0.717) is 23.0 Å². The zero-order valence-electron chi connectivity index (χ0n) is 12.0. The van der Waals surface area contributed by atoms with Gasteiger partial charge in [-0.2, -0.15) is 0 Å². The van der Waals surface area contributed by atoms with Crippen LogP contribution in [0.5, 0.6) is 0 Å². The molecule has 0 fully saturated rings. The maximum absolute atomic E-state index is 13.4. The Kier molecular flexibility index (Phi) is 3.47. The van der Waals surface area contributed by atoms with Gasteiger partial charge in [-0.15, -0.1) is 0 Å². The number of aliphatic hydroxyl groups excluding tert-OH is 1. The molecule has 0 aliphatic heterocycles. The lowest BCUT2D eigenvalue weighted by molar-refractivity contribution is 0.276. The predicted molar refractivity (Wildman–Crippen MR) is 80.6 cm³/mol. The van der Waals surface area contributed by atoms with Gasteiger partial charge in [0.2, 0.25) is 0 Å². The quantitative estimate of drug-likeness (QED) is 0.795. The van der Waals surface area contributed by atoms with Crippen LogP contribution in [0.4, 0.5) is 4.39 Å². The van der Waals surface area contributed by atoms with Crippen molar-refractivity contribution in [3.63, 3.8) is 0 Å². The van der Waals surface area contributed by atoms with Gasteiger partial charge in [0.15, 0.2) is 0 Å². The minimum absolute atomic E-state index is 0.189. The molecule has 21 heavy (non-hydrogen) atoms. The second-order valence-corrected chi connectivity index (χ2v) is 5.42. The monoisotopic (exact) mass is 284 g/mol. The molecule has 0 aliphatic rings. The number of benzene rings is 1. The lowest BCUT2D eigenvalue weighted by Gasteiger charge is -2.06. The van der Waals surface area contributed by atoms with E-state index >= 15 is 0 Å². The summed E-state index contributed by atoms with van der Waals surface area (Å²) in [6, 6.07) is 11.1. The van der Waals surface area contributed by atoms with Crippen LogP contribution in [0.15, 0.2) is 42.6 Å². The molecule has 1 aromatic carbocycles. The van der Waals surface area contributed by atoms with Crippen molar-refractivity contribution < 1.29 is 9.50 Å². The molecule has 0 radical (unpaired) electrons. The summed E-state index contributed by atoms with van der Waals surface area (Å²) in [6.45, 7) is 4.09. The van der Waals surface area contributed by atoms with Gasteiger partial charge < -0.3 is 5.11 Å². The fraction of sp³-hybridized carbons (Fsp3) is 0.235. The number of imidazole rings is 1. The highest BCUT2D eigenvalue weighted by atomic mass is 19.1. The molecule has 0 saturated heterocycles. The molecule has 0 aliphatic carbocycles. The number of hydrogen-bond acceptors (Lipinski definition) is 2. The molecule has 0 spiro atoms. The molecule has 0 atom stereocenters. The fourth-order valence-corrected chi connectivity index (χ4v) is 2.48. The van der Waals surface area contributed by atoms with Crippen molar-refractivity contribution >= 4 is 5.65 Å². The Morgan fingerprint density at radius 2 is 1.86 bits per heavy atom. The lowest BCUT2D eigenvalue weighted by Crippen LogP contribution is -1.95. The van der Waals surface area contributed by atoms with Gasteiger partial charge in [0.05, 0.1) is 18.0 Å². The third kappa shape index (κ3) is 2.43. The van der Waals surface area contributed by atoms with Crippen LogP contribution >= 0.6 is 0 Å². The molecule has 3 aromatic rings. The van der Waals surface area contributed by atoms with E-state index in [0.717, 1.165) is 5.56 Å². The Morgan fingerprint density at radius 3 is 2.48 bits per heavy atom. The maximum atomic E-state index is 13.4. The normalized spacial score (nSPS) is 11.5. The SMILES string of the molecule is CC(C)c1ccc(-c2nc3ccc(F)cn3c2CO)cc1. The molecule has 0 unspecified atom stereocenters. The summed E-state index contributed by atoms with van der Waals surface area (Å²) in [4.78, 5) is 4.51. The van der Waals surface area contributed by atoms with Crippen LogP contribution in [0.25, 0.3) is 16.9 Å². The Labute approximate surface area is 122 Å². The zero-order valence-corrected chi connectivity index (χ0v) is 12.0. The number of aromatic nitrogens is 2. The summed E-state index contributed by atoms with van der Waals surface area (Å²) in [5.74, 6) is 0.114. The van der Waals surface area contributed by atoms with Gasteiger partial charge in [-0.3, -0.25) is 4.40 Å². The molecular weight excluding hydrogens is 267 g/mol. The van der Waals surface area contributed by atoms with Crippen molar-refractivity contribution in [2.24, 2.45) is 0 Å². The standard InChI is InChI=1S/C17H17FN2O/c1-11(2)12-3-5-13(6-4-12)17-15(10-21)20-9-14(18)7-8-16(20)19-17/h3-9,11,21H,10H2,1-2H3. The second-order valence-electron chi connectivity index (χ2n) is 5.42. The van der Waals surface area contributed by atoms with Gasteiger partial charge in [-0.25, -0.2) is 9.37 Å². The van der Waals surface area contributed by atoms with Crippen molar-refractivity contribution in [3.05, 3.63) is 59.7 Å². The van der Waals surface area contributed by atoms with E-state index in [1.54, 1.807) is 10.5 Å². The number of hydrogen-bond donors (Lipinski definition) is 1. The molecule has 0 amide bonds. The van der Waals surface area contributed by atoms with Crippen molar-refractivity contribution in [2.45, 2.75) is 26.4 Å². The molecular formula is C17H17FN2O. The van der Waals surface area contributed by atoms with E-state index in [1.807, 2.05) is 12.1 Å². The number of rotatable bonds is 3. The Hall–Kier alpha value is -2.20. The topological polar surface area (TPSA) is 37.5 Å². The highest BCUT2D eigenvalue weighted by Crippen LogP contribution is 2.26. The Bertz CT molecular complexity index is 775. The van der Waals surface area contributed by atoms with Crippen LogP contribution < -0.4 is 0 Å². The van der Waals surface area contributed by atoms with E-state index in [1.165, 1.54) is 17.8 Å². The van der Waals surface area contributed by atoms with Crippen molar-refractivity contribution in [3.8, 4) is 11.3 Å². The highest BCUT2D eigenvalue weighted by molar-refractivity contribution is 5.66. The summed E-state index contributed by atoms with van der Waals surface area (Å²) < 4.78 is 15.0. The fourth-order valence-electron chi connectivity index (χ4n) is 2.48. The molecule has 2 heterocycles. The second kappa shape index (κ2) is 5.30. The van der Waals surface area contributed by atoms with Crippen LogP contribution in [0.1, 0.15) is 31.0 Å². The molecule has 4 heteroatoms. The molecule has 2 aromatic heterocycles. The van der Waals surface area contributed by atoms with Crippen molar-refractivity contribution in [1.29, 1.82) is 0 Å². The first-order valence-corrected chi connectivity index (χ1v) is 6.98. The van der Waals surface area contributed by atoms with E-state index in [2.05, 4.69) is 31.0 Å². The first kappa shape index (κ1) is 13.8. The average molecular weight is 284 g/mol. The Morgan fingerprint density at radius 1 is 1.14 bits per heavy atom. The minimum atomic E-state index is -0.351. The minimum Gasteiger partial charge on any atom is -0.390 e. The number of halogens is 1.